The van der Waals surface area contributed by atoms with Gasteiger partial charge in [-0.15, -0.1) is 0 Å². The number of benzene rings is 2. The number of rotatable bonds is 15. The molecule has 1 N–H and O–H groups in total. The molecule has 7 heteroatoms. The van der Waals surface area contributed by atoms with Crippen LogP contribution < -0.4 is 9.47 Å². The Balaban J connectivity index is 1.95. The molecule has 0 unspecified atom stereocenters. The van der Waals surface area contributed by atoms with E-state index in [2.05, 4.69) is 25.7 Å². The second kappa shape index (κ2) is 14.6. The SMILES string of the molecule is CCCCOc1ccc([C@@H]2C(=C(O)c3ccc(OCCC)cc3)C(=O)C(=O)N2CCCN(CC)CC)cc1. The van der Waals surface area contributed by atoms with Crippen molar-refractivity contribution in [2.45, 2.75) is 59.4 Å². The molecule has 0 aliphatic carbocycles. The number of aliphatic hydroxyl groups is 1. The van der Waals surface area contributed by atoms with E-state index in [-0.39, 0.29) is 11.3 Å². The lowest BCUT2D eigenvalue weighted by molar-refractivity contribution is -0.140. The molecule has 3 rings (SSSR count). The largest absolute Gasteiger partial charge is 0.507 e. The van der Waals surface area contributed by atoms with Gasteiger partial charge < -0.3 is 24.4 Å². The highest BCUT2D eigenvalue weighted by molar-refractivity contribution is 6.46. The summed E-state index contributed by atoms with van der Waals surface area (Å²) in [5.74, 6) is 0.0101. The van der Waals surface area contributed by atoms with Crippen molar-refractivity contribution in [2.24, 2.45) is 0 Å². The van der Waals surface area contributed by atoms with Crippen LogP contribution in [0, 0.1) is 0 Å². The van der Waals surface area contributed by atoms with E-state index in [1.165, 1.54) is 0 Å². The number of carbonyl (C=O) groups is 2. The first kappa shape index (κ1) is 29.2. The van der Waals surface area contributed by atoms with Crippen LogP contribution in [-0.4, -0.2) is 66.0 Å². The molecule has 0 bridgehead atoms. The summed E-state index contributed by atoms with van der Waals surface area (Å²) in [4.78, 5) is 30.4. The number of amides is 1. The number of unbranched alkanes of at least 4 members (excludes halogenated alkanes) is 1. The van der Waals surface area contributed by atoms with Crippen molar-refractivity contribution in [2.75, 3.05) is 39.4 Å². The van der Waals surface area contributed by atoms with Crippen LogP contribution in [0.3, 0.4) is 0 Å². The van der Waals surface area contributed by atoms with Gasteiger partial charge in [-0.3, -0.25) is 9.59 Å². The van der Waals surface area contributed by atoms with Gasteiger partial charge in [0.15, 0.2) is 0 Å². The molecule has 206 valence electrons. The molecule has 0 aromatic heterocycles. The normalized spacial score (nSPS) is 16.9. The maximum absolute atomic E-state index is 13.3. The highest BCUT2D eigenvalue weighted by Gasteiger charge is 2.45. The summed E-state index contributed by atoms with van der Waals surface area (Å²) in [7, 11) is 0. The Bertz CT molecular complexity index is 1070. The molecular formula is C31H42N2O5. The van der Waals surface area contributed by atoms with Gasteiger partial charge in [-0.05, 0) is 80.9 Å². The van der Waals surface area contributed by atoms with Crippen molar-refractivity contribution >= 4 is 17.4 Å². The van der Waals surface area contributed by atoms with E-state index in [9.17, 15) is 14.7 Å². The van der Waals surface area contributed by atoms with Crippen LogP contribution in [0.4, 0.5) is 0 Å². The van der Waals surface area contributed by atoms with Gasteiger partial charge >= 0.3 is 0 Å². The Morgan fingerprint density at radius 3 is 2.03 bits per heavy atom. The molecule has 1 amide bonds. The Morgan fingerprint density at radius 2 is 1.45 bits per heavy atom. The van der Waals surface area contributed by atoms with Crippen molar-refractivity contribution in [3.63, 3.8) is 0 Å². The second-order valence-corrected chi connectivity index (χ2v) is 9.52. The smallest absolute Gasteiger partial charge is 0.295 e. The first-order chi connectivity index (χ1) is 18.4. The number of aliphatic hydroxyl groups excluding tert-OH is 1. The fourth-order valence-electron chi connectivity index (χ4n) is 4.63. The molecule has 2 aromatic carbocycles. The van der Waals surface area contributed by atoms with E-state index in [4.69, 9.17) is 9.47 Å². The third-order valence-electron chi connectivity index (χ3n) is 6.87. The predicted octanol–water partition coefficient (Wildman–Crippen LogP) is 5.81. The number of ether oxygens (including phenoxy) is 2. The van der Waals surface area contributed by atoms with Gasteiger partial charge in [0, 0.05) is 12.1 Å². The maximum atomic E-state index is 13.3. The highest BCUT2D eigenvalue weighted by Crippen LogP contribution is 2.40. The van der Waals surface area contributed by atoms with Gasteiger partial charge in [-0.1, -0.05) is 46.2 Å². The highest BCUT2D eigenvalue weighted by atomic mass is 16.5. The van der Waals surface area contributed by atoms with Crippen LogP contribution in [0.1, 0.15) is 70.5 Å². The Hall–Kier alpha value is -3.32. The van der Waals surface area contributed by atoms with Crippen molar-refractivity contribution in [3.8, 4) is 11.5 Å². The van der Waals surface area contributed by atoms with Gasteiger partial charge in [-0.2, -0.15) is 0 Å². The van der Waals surface area contributed by atoms with E-state index in [0.717, 1.165) is 56.6 Å². The first-order valence-corrected chi connectivity index (χ1v) is 13.9. The van der Waals surface area contributed by atoms with Crippen molar-refractivity contribution in [3.05, 3.63) is 65.2 Å². The van der Waals surface area contributed by atoms with Crippen LogP contribution in [0.25, 0.3) is 5.76 Å². The minimum Gasteiger partial charge on any atom is -0.507 e. The topological polar surface area (TPSA) is 79.3 Å². The molecule has 7 nitrogen and oxygen atoms in total. The molecule has 1 aliphatic heterocycles. The summed E-state index contributed by atoms with van der Waals surface area (Å²) < 4.78 is 11.5. The molecule has 2 aromatic rings. The summed E-state index contributed by atoms with van der Waals surface area (Å²) in [5.41, 5.74) is 1.35. The van der Waals surface area contributed by atoms with Gasteiger partial charge in [0.2, 0.25) is 0 Å². The first-order valence-electron chi connectivity index (χ1n) is 13.9. The third-order valence-corrected chi connectivity index (χ3v) is 6.87. The van der Waals surface area contributed by atoms with E-state index in [1.807, 2.05) is 31.2 Å². The molecular weight excluding hydrogens is 480 g/mol. The van der Waals surface area contributed by atoms with Crippen molar-refractivity contribution < 1.29 is 24.2 Å². The average Bonchev–Trinajstić information content (AvgIpc) is 3.19. The Labute approximate surface area is 227 Å². The average molecular weight is 523 g/mol. The standard InChI is InChI=1S/C31H42N2O5/c1-5-9-22-38-26-15-11-23(12-16-26)28-27(29(34)24-13-17-25(18-14-24)37-21-6-2)30(35)31(36)33(28)20-10-19-32(7-3)8-4/h11-18,28,34H,5-10,19-22H2,1-4H3/t28-/m1/s1. The quantitative estimate of drug-likeness (QED) is 0.138. The summed E-state index contributed by atoms with van der Waals surface area (Å²) in [6.07, 6.45) is 3.64. The minimum absolute atomic E-state index is 0.111. The van der Waals surface area contributed by atoms with E-state index in [0.29, 0.717) is 31.1 Å². The summed E-state index contributed by atoms with van der Waals surface area (Å²) in [5, 5.41) is 11.3. The number of hydrogen-bond donors (Lipinski definition) is 1. The number of hydrogen-bond acceptors (Lipinski definition) is 6. The molecule has 1 atom stereocenters. The summed E-state index contributed by atoms with van der Waals surface area (Å²) >= 11 is 0. The van der Waals surface area contributed by atoms with Crippen LogP contribution in [0.5, 0.6) is 11.5 Å². The lowest BCUT2D eigenvalue weighted by atomic mass is 9.95. The molecule has 1 heterocycles. The zero-order valence-corrected chi connectivity index (χ0v) is 23.2. The van der Waals surface area contributed by atoms with E-state index in [1.54, 1.807) is 29.2 Å². The number of Topliss-reactive ketones (excluding diaryl/α,β-unsaturated/α-hetero) is 1. The lowest BCUT2D eigenvalue weighted by Gasteiger charge is -2.27. The molecule has 38 heavy (non-hydrogen) atoms. The zero-order valence-electron chi connectivity index (χ0n) is 23.2. The summed E-state index contributed by atoms with van der Waals surface area (Å²) in [6, 6.07) is 13.8. The van der Waals surface area contributed by atoms with Crippen LogP contribution in [-0.2, 0) is 9.59 Å². The lowest BCUT2D eigenvalue weighted by Crippen LogP contribution is -2.33. The second-order valence-electron chi connectivity index (χ2n) is 9.52. The molecule has 1 saturated heterocycles. The predicted molar refractivity (Wildman–Crippen MR) is 150 cm³/mol. The molecule has 0 radical (unpaired) electrons. The van der Waals surface area contributed by atoms with Gasteiger partial charge in [0.1, 0.15) is 17.3 Å². The number of likely N-dealkylation sites (tertiary alicyclic amines) is 1. The van der Waals surface area contributed by atoms with Gasteiger partial charge in [0.05, 0.1) is 24.8 Å². The molecule has 1 aliphatic rings. The monoisotopic (exact) mass is 522 g/mol. The van der Waals surface area contributed by atoms with E-state index < -0.39 is 17.7 Å². The molecule has 0 saturated carbocycles. The molecule has 0 spiro atoms. The number of carbonyl (C=O) groups excluding carboxylic acids is 2. The number of ketones is 1. The Morgan fingerprint density at radius 1 is 0.842 bits per heavy atom. The third kappa shape index (κ3) is 7.16. The van der Waals surface area contributed by atoms with Crippen LogP contribution >= 0.6 is 0 Å². The Kier molecular flexibility index (Phi) is 11.2. The minimum atomic E-state index is -0.674. The van der Waals surface area contributed by atoms with Crippen molar-refractivity contribution in [1.29, 1.82) is 0 Å². The fraction of sp³-hybridized carbons (Fsp3) is 0.484. The van der Waals surface area contributed by atoms with Gasteiger partial charge in [0.25, 0.3) is 11.7 Å². The van der Waals surface area contributed by atoms with E-state index >= 15 is 0 Å². The van der Waals surface area contributed by atoms with Crippen LogP contribution in [0.15, 0.2) is 54.1 Å². The van der Waals surface area contributed by atoms with Gasteiger partial charge in [-0.25, -0.2) is 0 Å². The van der Waals surface area contributed by atoms with Crippen molar-refractivity contribution in [1.82, 2.24) is 9.80 Å². The fourth-order valence-corrected chi connectivity index (χ4v) is 4.63. The zero-order chi connectivity index (χ0) is 27.5. The maximum Gasteiger partial charge on any atom is 0.295 e. The summed E-state index contributed by atoms with van der Waals surface area (Å²) in [6.45, 7) is 12.7. The number of nitrogens with zero attached hydrogens (tertiary/aromatic N) is 2. The molecule has 1 fully saturated rings. The van der Waals surface area contributed by atoms with Crippen LogP contribution in [0.2, 0.25) is 0 Å².